The Hall–Kier alpha value is -1.55. The van der Waals surface area contributed by atoms with Crippen LogP contribution in [0.2, 0.25) is 0 Å². The van der Waals surface area contributed by atoms with Crippen molar-refractivity contribution >= 4 is 28.6 Å². The average molecular weight is 328 g/mol. The maximum absolute atomic E-state index is 12.5. The third-order valence-corrected chi connectivity index (χ3v) is 5.94. The zero-order valence-corrected chi connectivity index (χ0v) is 14.7. The molecule has 122 valence electrons. The third-order valence-electron chi connectivity index (χ3n) is 4.89. The van der Waals surface area contributed by atoms with E-state index in [0.717, 1.165) is 34.6 Å². The molecule has 0 unspecified atom stereocenters. The van der Waals surface area contributed by atoms with Crippen LogP contribution in [0, 0.1) is 5.92 Å². The molecule has 0 spiro atoms. The maximum Gasteiger partial charge on any atom is 0.232 e. The standard InChI is InChI=1S/C19H24N2OS/c1-14-7-9-15(10-8-14)21(2)19(22)13-23-18-11-12-20-17-6-4-3-5-16(17)18/h3-6,11-12,14-15H,7-10,13H2,1-2H3. The highest BCUT2D eigenvalue weighted by atomic mass is 32.2. The zero-order valence-electron chi connectivity index (χ0n) is 13.9. The first kappa shape index (κ1) is 16.3. The molecule has 2 aromatic rings. The Bertz CT molecular complexity index is 675. The molecule has 1 fully saturated rings. The molecule has 1 aromatic carbocycles. The van der Waals surface area contributed by atoms with Gasteiger partial charge < -0.3 is 4.90 Å². The van der Waals surface area contributed by atoms with Gasteiger partial charge >= 0.3 is 0 Å². The van der Waals surface area contributed by atoms with Gasteiger partial charge in [-0.3, -0.25) is 9.78 Å². The lowest BCUT2D eigenvalue weighted by Crippen LogP contribution is -2.40. The maximum atomic E-state index is 12.5. The lowest BCUT2D eigenvalue weighted by molar-refractivity contribution is -0.129. The monoisotopic (exact) mass is 328 g/mol. The van der Waals surface area contributed by atoms with Crippen molar-refractivity contribution in [3.05, 3.63) is 36.5 Å². The minimum atomic E-state index is 0.232. The van der Waals surface area contributed by atoms with Crippen molar-refractivity contribution in [2.75, 3.05) is 12.8 Å². The molecule has 0 saturated heterocycles. The van der Waals surface area contributed by atoms with Crippen molar-refractivity contribution in [2.24, 2.45) is 5.92 Å². The Kier molecular flexibility index (Phi) is 5.21. The molecule has 1 aliphatic rings. The lowest BCUT2D eigenvalue weighted by atomic mass is 9.87. The molecule has 0 atom stereocenters. The van der Waals surface area contributed by atoms with Gasteiger partial charge in [0, 0.05) is 29.6 Å². The van der Waals surface area contributed by atoms with Gasteiger partial charge in [0.15, 0.2) is 0 Å². The smallest absolute Gasteiger partial charge is 0.232 e. The average Bonchev–Trinajstić information content (AvgIpc) is 2.59. The molecular weight excluding hydrogens is 304 g/mol. The van der Waals surface area contributed by atoms with E-state index in [9.17, 15) is 4.79 Å². The fraction of sp³-hybridized carbons (Fsp3) is 0.474. The summed E-state index contributed by atoms with van der Waals surface area (Å²) in [6.45, 7) is 2.31. The molecule has 0 aliphatic heterocycles. The van der Waals surface area contributed by atoms with Crippen molar-refractivity contribution in [1.29, 1.82) is 0 Å². The Morgan fingerprint density at radius 1 is 1.22 bits per heavy atom. The number of aromatic nitrogens is 1. The van der Waals surface area contributed by atoms with Crippen molar-refractivity contribution in [3.8, 4) is 0 Å². The van der Waals surface area contributed by atoms with Gasteiger partial charge in [-0.05, 0) is 43.7 Å². The molecule has 1 heterocycles. The van der Waals surface area contributed by atoms with E-state index in [4.69, 9.17) is 0 Å². The van der Waals surface area contributed by atoms with Crippen LogP contribution in [0.3, 0.4) is 0 Å². The van der Waals surface area contributed by atoms with Gasteiger partial charge in [-0.1, -0.05) is 25.1 Å². The van der Waals surface area contributed by atoms with Gasteiger partial charge in [-0.2, -0.15) is 0 Å². The summed E-state index contributed by atoms with van der Waals surface area (Å²) in [5, 5.41) is 1.13. The number of rotatable bonds is 4. The fourth-order valence-electron chi connectivity index (χ4n) is 3.27. The van der Waals surface area contributed by atoms with Crippen LogP contribution in [0.5, 0.6) is 0 Å². The summed E-state index contributed by atoms with van der Waals surface area (Å²) in [7, 11) is 1.97. The highest BCUT2D eigenvalue weighted by Crippen LogP contribution is 2.29. The molecule has 0 N–H and O–H groups in total. The first-order valence-electron chi connectivity index (χ1n) is 8.37. The van der Waals surface area contributed by atoms with E-state index in [1.807, 2.05) is 42.4 Å². The number of benzene rings is 1. The van der Waals surface area contributed by atoms with E-state index < -0.39 is 0 Å². The second-order valence-electron chi connectivity index (χ2n) is 6.53. The van der Waals surface area contributed by atoms with Gasteiger partial charge in [-0.25, -0.2) is 0 Å². The fourth-order valence-corrected chi connectivity index (χ4v) is 4.24. The molecule has 3 rings (SSSR count). The number of carbonyl (C=O) groups is 1. The van der Waals surface area contributed by atoms with E-state index in [0.29, 0.717) is 11.8 Å². The number of nitrogens with zero attached hydrogens (tertiary/aromatic N) is 2. The highest BCUT2D eigenvalue weighted by molar-refractivity contribution is 8.00. The minimum Gasteiger partial charge on any atom is -0.342 e. The summed E-state index contributed by atoms with van der Waals surface area (Å²) in [6, 6.07) is 10.5. The summed E-state index contributed by atoms with van der Waals surface area (Å²) < 4.78 is 0. The zero-order chi connectivity index (χ0) is 16.2. The van der Waals surface area contributed by atoms with E-state index in [1.54, 1.807) is 11.8 Å². The van der Waals surface area contributed by atoms with Crippen LogP contribution < -0.4 is 0 Å². The number of hydrogen-bond acceptors (Lipinski definition) is 3. The summed E-state index contributed by atoms with van der Waals surface area (Å²) in [4.78, 5) is 20.0. The Balaban J connectivity index is 1.62. The molecule has 0 bridgehead atoms. The Morgan fingerprint density at radius 3 is 2.74 bits per heavy atom. The first-order chi connectivity index (χ1) is 11.1. The Morgan fingerprint density at radius 2 is 1.96 bits per heavy atom. The Labute approximate surface area is 142 Å². The number of pyridine rings is 1. The topological polar surface area (TPSA) is 33.2 Å². The number of thioether (sulfide) groups is 1. The normalized spacial score (nSPS) is 21.3. The molecule has 1 aliphatic carbocycles. The molecule has 0 radical (unpaired) electrons. The molecule has 23 heavy (non-hydrogen) atoms. The molecular formula is C19H24N2OS. The van der Waals surface area contributed by atoms with Crippen LogP contribution in [0.4, 0.5) is 0 Å². The second kappa shape index (κ2) is 7.35. The second-order valence-corrected chi connectivity index (χ2v) is 7.55. The minimum absolute atomic E-state index is 0.232. The van der Waals surface area contributed by atoms with Crippen LogP contribution in [-0.2, 0) is 4.79 Å². The number of amides is 1. The van der Waals surface area contributed by atoms with Crippen molar-refractivity contribution in [1.82, 2.24) is 9.88 Å². The number of hydrogen-bond donors (Lipinski definition) is 0. The van der Waals surface area contributed by atoms with Crippen molar-refractivity contribution in [3.63, 3.8) is 0 Å². The first-order valence-corrected chi connectivity index (χ1v) is 9.36. The largest absolute Gasteiger partial charge is 0.342 e. The van der Waals surface area contributed by atoms with E-state index in [1.165, 1.54) is 12.8 Å². The van der Waals surface area contributed by atoms with E-state index in [-0.39, 0.29) is 5.91 Å². The van der Waals surface area contributed by atoms with Crippen LogP contribution in [0.1, 0.15) is 32.6 Å². The lowest BCUT2D eigenvalue weighted by Gasteiger charge is -2.33. The number of fused-ring (bicyclic) bond motifs is 1. The summed E-state index contributed by atoms with van der Waals surface area (Å²) >= 11 is 1.62. The van der Waals surface area contributed by atoms with E-state index >= 15 is 0 Å². The SMILES string of the molecule is CC1CCC(N(C)C(=O)CSc2ccnc3ccccc23)CC1. The van der Waals surface area contributed by atoms with Crippen molar-refractivity contribution < 1.29 is 4.79 Å². The van der Waals surface area contributed by atoms with Gasteiger partial charge in [0.25, 0.3) is 0 Å². The van der Waals surface area contributed by atoms with Crippen LogP contribution in [0.25, 0.3) is 10.9 Å². The highest BCUT2D eigenvalue weighted by Gasteiger charge is 2.24. The summed E-state index contributed by atoms with van der Waals surface area (Å²) in [5.74, 6) is 1.54. The summed E-state index contributed by atoms with van der Waals surface area (Å²) in [6.07, 6.45) is 6.59. The molecule has 1 amide bonds. The van der Waals surface area contributed by atoms with Crippen LogP contribution in [-0.4, -0.2) is 34.6 Å². The molecule has 1 aromatic heterocycles. The predicted octanol–water partition coefficient (Wildman–Crippen LogP) is 4.36. The molecule has 1 saturated carbocycles. The third kappa shape index (κ3) is 3.86. The predicted molar refractivity (Wildman–Crippen MR) is 96.7 cm³/mol. The van der Waals surface area contributed by atoms with Crippen molar-refractivity contribution in [2.45, 2.75) is 43.5 Å². The van der Waals surface area contributed by atoms with Gasteiger partial charge in [0.05, 0.1) is 11.3 Å². The van der Waals surface area contributed by atoms with Gasteiger partial charge in [-0.15, -0.1) is 11.8 Å². The number of carbonyl (C=O) groups excluding carboxylic acids is 1. The van der Waals surface area contributed by atoms with Gasteiger partial charge in [0.1, 0.15) is 0 Å². The molecule has 4 heteroatoms. The summed E-state index contributed by atoms with van der Waals surface area (Å²) in [5.41, 5.74) is 0.986. The van der Waals surface area contributed by atoms with Crippen LogP contribution in [0.15, 0.2) is 41.4 Å². The van der Waals surface area contributed by atoms with Crippen LogP contribution >= 0.6 is 11.8 Å². The van der Waals surface area contributed by atoms with Gasteiger partial charge in [0.2, 0.25) is 5.91 Å². The van der Waals surface area contributed by atoms with E-state index in [2.05, 4.69) is 18.0 Å². The molecule has 3 nitrogen and oxygen atoms in total. The quantitative estimate of drug-likeness (QED) is 0.782. The number of para-hydroxylation sites is 1.